The molecule has 1 amide bonds. The molecular weight excluding hydrogens is 362 g/mol. The molecule has 0 bridgehead atoms. The van der Waals surface area contributed by atoms with Crippen molar-refractivity contribution in [1.29, 1.82) is 0 Å². The molecule has 0 unspecified atom stereocenters. The highest BCUT2D eigenvalue weighted by Crippen LogP contribution is 2.26. The quantitative estimate of drug-likeness (QED) is 0.577. The molecule has 26 heavy (non-hydrogen) atoms. The number of pyridine rings is 1. The SMILES string of the molecule is CC(C)(C)OC(=O)N1CCCC[C@H]1CS(=O)(=O)c1ncccc1[N+](=O)[O-]. The van der Waals surface area contributed by atoms with Crippen molar-refractivity contribution < 1.29 is 22.9 Å². The molecule has 2 heterocycles. The van der Waals surface area contributed by atoms with Gasteiger partial charge in [0.05, 0.1) is 10.7 Å². The van der Waals surface area contributed by atoms with Crippen LogP contribution in [0.5, 0.6) is 0 Å². The molecule has 1 saturated heterocycles. The average molecular weight is 385 g/mol. The number of piperidine rings is 1. The topological polar surface area (TPSA) is 120 Å². The molecule has 1 aliphatic rings. The van der Waals surface area contributed by atoms with Gasteiger partial charge in [-0.15, -0.1) is 0 Å². The Morgan fingerprint density at radius 3 is 2.73 bits per heavy atom. The lowest BCUT2D eigenvalue weighted by atomic mass is 10.0. The molecule has 1 atom stereocenters. The first-order chi connectivity index (χ1) is 12.0. The second-order valence-corrected chi connectivity index (χ2v) is 9.14. The molecule has 0 radical (unpaired) electrons. The number of nitrogens with zero attached hydrogens (tertiary/aromatic N) is 3. The lowest BCUT2D eigenvalue weighted by Gasteiger charge is -2.36. The third kappa shape index (κ3) is 4.90. The Kier molecular flexibility index (Phi) is 5.84. The lowest BCUT2D eigenvalue weighted by Crippen LogP contribution is -2.49. The van der Waals surface area contributed by atoms with E-state index >= 15 is 0 Å². The molecule has 0 saturated carbocycles. The number of carbonyl (C=O) groups is 1. The van der Waals surface area contributed by atoms with Crippen molar-refractivity contribution in [3.8, 4) is 0 Å². The van der Waals surface area contributed by atoms with Crippen molar-refractivity contribution in [3.05, 3.63) is 28.4 Å². The summed E-state index contributed by atoms with van der Waals surface area (Å²) in [5.41, 5.74) is -1.26. The highest BCUT2D eigenvalue weighted by Gasteiger charge is 2.36. The number of sulfone groups is 1. The van der Waals surface area contributed by atoms with Crippen molar-refractivity contribution in [2.75, 3.05) is 12.3 Å². The molecule has 1 aromatic rings. The Labute approximate surface area is 152 Å². The summed E-state index contributed by atoms with van der Waals surface area (Å²) in [5.74, 6) is -0.426. The van der Waals surface area contributed by atoms with Crippen LogP contribution in [0, 0.1) is 10.1 Å². The summed E-state index contributed by atoms with van der Waals surface area (Å²) in [6.07, 6.45) is 2.63. The van der Waals surface area contributed by atoms with Crippen LogP contribution in [-0.4, -0.2) is 53.3 Å². The van der Waals surface area contributed by atoms with E-state index in [0.29, 0.717) is 13.0 Å². The van der Waals surface area contributed by atoms with Crippen LogP contribution in [0.3, 0.4) is 0 Å². The highest BCUT2D eigenvalue weighted by atomic mass is 32.2. The van der Waals surface area contributed by atoms with E-state index < -0.39 is 49.0 Å². The van der Waals surface area contributed by atoms with Gasteiger partial charge < -0.3 is 9.64 Å². The molecule has 1 fully saturated rings. The molecule has 9 nitrogen and oxygen atoms in total. The second-order valence-electron chi connectivity index (χ2n) is 7.19. The van der Waals surface area contributed by atoms with E-state index in [1.54, 1.807) is 20.8 Å². The Hall–Kier alpha value is -2.23. The number of amides is 1. The number of likely N-dealkylation sites (tertiary alicyclic amines) is 1. The van der Waals surface area contributed by atoms with Gasteiger partial charge in [0.15, 0.2) is 0 Å². The normalized spacial score (nSPS) is 18.4. The first-order valence-corrected chi connectivity index (χ1v) is 9.98. The molecule has 144 valence electrons. The Morgan fingerprint density at radius 2 is 2.12 bits per heavy atom. The number of hydrogen-bond acceptors (Lipinski definition) is 7. The minimum absolute atomic E-state index is 0.388. The molecule has 1 aromatic heterocycles. The smallest absolute Gasteiger partial charge is 0.410 e. The Bertz CT molecular complexity index is 787. The van der Waals surface area contributed by atoms with Gasteiger partial charge in [-0.25, -0.2) is 18.2 Å². The summed E-state index contributed by atoms with van der Waals surface area (Å²) in [5, 5.41) is 10.5. The lowest BCUT2D eigenvalue weighted by molar-refractivity contribution is -0.388. The summed E-state index contributed by atoms with van der Waals surface area (Å²) >= 11 is 0. The maximum atomic E-state index is 12.7. The van der Waals surface area contributed by atoms with E-state index in [1.807, 2.05) is 0 Å². The number of ether oxygens (including phenoxy) is 1. The minimum Gasteiger partial charge on any atom is -0.444 e. The van der Waals surface area contributed by atoms with Crippen LogP contribution in [-0.2, 0) is 14.6 Å². The number of carbonyl (C=O) groups excluding carboxylic acids is 1. The van der Waals surface area contributed by atoms with Gasteiger partial charge in [0, 0.05) is 24.8 Å². The second kappa shape index (κ2) is 7.56. The number of nitro groups is 1. The monoisotopic (exact) mass is 385 g/mol. The van der Waals surface area contributed by atoms with Crippen molar-refractivity contribution >= 4 is 21.6 Å². The number of hydrogen-bond donors (Lipinski definition) is 0. The van der Waals surface area contributed by atoms with Gasteiger partial charge in [-0.2, -0.15) is 0 Å². The Balaban J connectivity index is 2.26. The predicted molar refractivity (Wildman–Crippen MR) is 93.5 cm³/mol. The van der Waals surface area contributed by atoms with E-state index in [0.717, 1.165) is 18.9 Å². The third-order valence-electron chi connectivity index (χ3n) is 3.91. The maximum absolute atomic E-state index is 12.7. The van der Waals surface area contributed by atoms with Crippen molar-refractivity contribution in [2.24, 2.45) is 0 Å². The largest absolute Gasteiger partial charge is 0.444 e. The van der Waals surface area contributed by atoms with Crippen LogP contribution >= 0.6 is 0 Å². The molecule has 1 aliphatic heterocycles. The highest BCUT2D eigenvalue weighted by molar-refractivity contribution is 7.91. The zero-order chi connectivity index (χ0) is 19.5. The van der Waals surface area contributed by atoms with Crippen LogP contribution < -0.4 is 0 Å². The number of aromatic nitrogens is 1. The zero-order valence-corrected chi connectivity index (χ0v) is 15.9. The first-order valence-electron chi connectivity index (χ1n) is 8.33. The van der Waals surface area contributed by atoms with E-state index in [1.165, 1.54) is 17.2 Å². The van der Waals surface area contributed by atoms with Gasteiger partial charge in [0.1, 0.15) is 5.60 Å². The summed E-state index contributed by atoms with van der Waals surface area (Å²) in [6, 6.07) is 1.81. The van der Waals surface area contributed by atoms with Gasteiger partial charge >= 0.3 is 11.8 Å². The van der Waals surface area contributed by atoms with Gasteiger partial charge in [-0.1, -0.05) is 0 Å². The Morgan fingerprint density at radius 1 is 1.42 bits per heavy atom. The minimum atomic E-state index is -4.05. The average Bonchev–Trinajstić information content (AvgIpc) is 2.53. The van der Waals surface area contributed by atoms with Gasteiger partial charge in [0.2, 0.25) is 14.9 Å². The van der Waals surface area contributed by atoms with Crippen molar-refractivity contribution in [1.82, 2.24) is 9.88 Å². The van der Waals surface area contributed by atoms with Crippen LogP contribution in [0.1, 0.15) is 40.0 Å². The summed E-state index contributed by atoms with van der Waals surface area (Å²) < 4.78 is 30.8. The molecule has 2 rings (SSSR count). The molecule has 0 aliphatic carbocycles. The summed E-state index contributed by atoms with van der Waals surface area (Å²) in [6.45, 7) is 5.59. The van der Waals surface area contributed by atoms with E-state index in [-0.39, 0.29) is 0 Å². The van der Waals surface area contributed by atoms with Gasteiger partial charge in [-0.3, -0.25) is 10.1 Å². The summed E-state index contributed by atoms with van der Waals surface area (Å²) in [4.78, 5) is 27.8. The standard InChI is InChI=1S/C16H23N3O6S/c1-16(2,3)25-15(20)18-10-5-4-7-12(18)11-26(23,24)14-13(19(21)22)8-6-9-17-14/h6,8-9,12H,4-5,7,10-11H2,1-3H3/t12-/m0/s1. The van der Waals surface area contributed by atoms with E-state index in [2.05, 4.69) is 4.98 Å². The maximum Gasteiger partial charge on any atom is 0.410 e. The van der Waals surface area contributed by atoms with Gasteiger partial charge in [0.25, 0.3) is 0 Å². The predicted octanol–water partition coefficient (Wildman–Crippen LogP) is 2.55. The fraction of sp³-hybridized carbons (Fsp3) is 0.625. The third-order valence-corrected chi connectivity index (χ3v) is 5.64. The fourth-order valence-electron chi connectivity index (χ4n) is 2.83. The first kappa shape index (κ1) is 20.1. The molecular formula is C16H23N3O6S. The molecule has 0 spiro atoms. The fourth-order valence-corrected chi connectivity index (χ4v) is 4.52. The number of rotatable bonds is 4. The van der Waals surface area contributed by atoms with Crippen molar-refractivity contribution in [3.63, 3.8) is 0 Å². The van der Waals surface area contributed by atoms with Crippen molar-refractivity contribution in [2.45, 2.75) is 56.7 Å². The van der Waals surface area contributed by atoms with Crippen LogP contribution in [0.4, 0.5) is 10.5 Å². The van der Waals surface area contributed by atoms with Crippen LogP contribution in [0.15, 0.2) is 23.4 Å². The molecule has 10 heteroatoms. The van der Waals surface area contributed by atoms with Crippen LogP contribution in [0.2, 0.25) is 0 Å². The molecule has 0 N–H and O–H groups in total. The van der Waals surface area contributed by atoms with E-state index in [9.17, 15) is 23.3 Å². The molecule has 0 aromatic carbocycles. The summed E-state index contributed by atoms with van der Waals surface area (Å²) in [7, 11) is -4.05. The van der Waals surface area contributed by atoms with E-state index in [4.69, 9.17) is 4.74 Å². The van der Waals surface area contributed by atoms with Gasteiger partial charge in [-0.05, 0) is 46.1 Å². The van der Waals surface area contributed by atoms with Crippen LogP contribution in [0.25, 0.3) is 0 Å². The zero-order valence-electron chi connectivity index (χ0n) is 15.0.